The first-order valence-electron chi connectivity index (χ1n) is 7.79. The first-order valence-corrected chi connectivity index (χ1v) is 7.79. The van der Waals surface area contributed by atoms with E-state index in [1.54, 1.807) is 0 Å². The van der Waals surface area contributed by atoms with Crippen LogP contribution in [0.15, 0.2) is 54.6 Å². The Hall–Kier alpha value is -1.60. The van der Waals surface area contributed by atoms with Crippen LogP contribution in [0.5, 0.6) is 0 Å². The van der Waals surface area contributed by atoms with Crippen LogP contribution in [0.25, 0.3) is 11.1 Å². The second kappa shape index (κ2) is 7.86. The summed E-state index contributed by atoms with van der Waals surface area (Å²) in [4.78, 5) is 0. The van der Waals surface area contributed by atoms with Crippen molar-refractivity contribution in [2.75, 3.05) is 13.1 Å². The maximum absolute atomic E-state index is 3.43. The standard InChI is InChI=1S/C17H19N.C2H6/c1-2-5-14(6-3-1)16-7-4-8-17(13-16)15-9-11-18-12-10-15;1-2/h1-8,13,15,18H,9-12H2;1-2H3. The zero-order valence-corrected chi connectivity index (χ0v) is 12.6. The molecule has 1 saturated heterocycles. The number of hydrogen-bond acceptors (Lipinski definition) is 1. The fourth-order valence-electron chi connectivity index (χ4n) is 2.76. The first-order chi connectivity index (χ1) is 9.93. The van der Waals surface area contributed by atoms with Crippen molar-refractivity contribution >= 4 is 0 Å². The number of nitrogens with one attached hydrogen (secondary N) is 1. The van der Waals surface area contributed by atoms with E-state index >= 15 is 0 Å². The van der Waals surface area contributed by atoms with Crippen LogP contribution in [-0.2, 0) is 0 Å². The molecule has 1 nitrogen and oxygen atoms in total. The fraction of sp³-hybridized carbons (Fsp3) is 0.368. The molecule has 1 fully saturated rings. The molecule has 2 aromatic carbocycles. The third-order valence-electron chi connectivity index (χ3n) is 3.80. The molecule has 0 bridgehead atoms. The Balaban J connectivity index is 0.000000704. The van der Waals surface area contributed by atoms with Crippen LogP contribution in [0.4, 0.5) is 0 Å². The SMILES string of the molecule is CC.c1ccc(-c2cccc(C3CCNCC3)c2)cc1. The van der Waals surface area contributed by atoms with Gasteiger partial charge in [-0.15, -0.1) is 0 Å². The quantitative estimate of drug-likeness (QED) is 0.820. The highest BCUT2D eigenvalue weighted by Crippen LogP contribution is 2.28. The lowest BCUT2D eigenvalue weighted by Gasteiger charge is -2.23. The van der Waals surface area contributed by atoms with Crippen LogP contribution < -0.4 is 5.32 Å². The minimum absolute atomic E-state index is 0.731. The molecule has 106 valence electrons. The molecule has 2 aromatic rings. The first kappa shape index (κ1) is 14.8. The average molecular weight is 267 g/mol. The molecule has 0 radical (unpaired) electrons. The molecule has 0 aromatic heterocycles. The third-order valence-corrected chi connectivity index (χ3v) is 3.80. The molecule has 0 amide bonds. The van der Waals surface area contributed by atoms with Gasteiger partial charge in [0.05, 0.1) is 0 Å². The summed E-state index contributed by atoms with van der Waals surface area (Å²) in [7, 11) is 0. The Morgan fingerprint density at radius 1 is 0.800 bits per heavy atom. The van der Waals surface area contributed by atoms with Crippen molar-refractivity contribution in [2.45, 2.75) is 32.6 Å². The lowest BCUT2D eigenvalue weighted by atomic mass is 9.88. The lowest BCUT2D eigenvalue weighted by Crippen LogP contribution is -2.26. The van der Waals surface area contributed by atoms with Crippen LogP contribution in [0.2, 0.25) is 0 Å². The predicted molar refractivity (Wildman–Crippen MR) is 88.1 cm³/mol. The maximum atomic E-state index is 3.43. The van der Waals surface area contributed by atoms with Gasteiger partial charge in [-0.05, 0) is 48.5 Å². The summed E-state index contributed by atoms with van der Waals surface area (Å²) in [5.41, 5.74) is 4.15. The number of hydrogen-bond donors (Lipinski definition) is 1. The fourth-order valence-corrected chi connectivity index (χ4v) is 2.76. The van der Waals surface area contributed by atoms with E-state index in [1.165, 1.54) is 29.5 Å². The van der Waals surface area contributed by atoms with Gasteiger partial charge in [-0.2, -0.15) is 0 Å². The van der Waals surface area contributed by atoms with E-state index < -0.39 is 0 Å². The summed E-state index contributed by atoms with van der Waals surface area (Å²) in [6, 6.07) is 19.7. The van der Waals surface area contributed by atoms with Gasteiger partial charge < -0.3 is 5.32 Å². The molecule has 1 heterocycles. The smallest absolute Gasteiger partial charge is 0.00431 e. The minimum Gasteiger partial charge on any atom is -0.317 e. The van der Waals surface area contributed by atoms with E-state index in [9.17, 15) is 0 Å². The summed E-state index contributed by atoms with van der Waals surface area (Å²) >= 11 is 0. The van der Waals surface area contributed by atoms with Gasteiger partial charge in [0, 0.05) is 0 Å². The van der Waals surface area contributed by atoms with Gasteiger partial charge in [-0.25, -0.2) is 0 Å². The Morgan fingerprint density at radius 3 is 2.15 bits per heavy atom. The Bertz CT molecular complexity index is 498. The summed E-state index contributed by atoms with van der Waals surface area (Å²) < 4.78 is 0. The van der Waals surface area contributed by atoms with E-state index in [0.29, 0.717) is 0 Å². The van der Waals surface area contributed by atoms with Crippen molar-refractivity contribution in [3.8, 4) is 11.1 Å². The molecule has 0 unspecified atom stereocenters. The highest BCUT2D eigenvalue weighted by Gasteiger charge is 2.15. The van der Waals surface area contributed by atoms with Gasteiger partial charge >= 0.3 is 0 Å². The van der Waals surface area contributed by atoms with Gasteiger partial charge in [0.15, 0.2) is 0 Å². The molecular formula is C19H25N. The maximum Gasteiger partial charge on any atom is -0.00431 e. The van der Waals surface area contributed by atoms with E-state index in [2.05, 4.69) is 59.9 Å². The summed E-state index contributed by atoms with van der Waals surface area (Å²) in [6.45, 7) is 6.31. The van der Waals surface area contributed by atoms with Gasteiger partial charge in [-0.3, -0.25) is 0 Å². The number of rotatable bonds is 2. The van der Waals surface area contributed by atoms with E-state index in [1.807, 2.05) is 13.8 Å². The van der Waals surface area contributed by atoms with Crippen molar-refractivity contribution in [3.05, 3.63) is 60.2 Å². The second-order valence-electron chi connectivity index (χ2n) is 5.02. The number of benzene rings is 2. The molecule has 1 aliphatic heterocycles. The van der Waals surface area contributed by atoms with Gasteiger partial charge in [-0.1, -0.05) is 68.4 Å². The molecule has 1 N–H and O–H groups in total. The van der Waals surface area contributed by atoms with E-state index in [0.717, 1.165) is 19.0 Å². The van der Waals surface area contributed by atoms with Crippen molar-refractivity contribution in [3.63, 3.8) is 0 Å². The normalized spacial score (nSPS) is 15.3. The molecule has 0 saturated carbocycles. The minimum atomic E-state index is 0.731. The lowest BCUT2D eigenvalue weighted by molar-refractivity contribution is 0.460. The van der Waals surface area contributed by atoms with Gasteiger partial charge in [0.2, 0.25) is 0 Å². The topological polar surface area (TPSA) is 12.0 Å². The van der Waals surface area contributed by atoms with Crippen molar-refractivity contribution in [2.24, 2.45) is 0 Å². The molecule has 0 aliphatic carbocycles. The average Bonchev–Trinajstić information content (AvgIpc) is 2.58. The van der Waals surface area contributed by atoms with Gasteiger partial charge in [0.1, 0.15) is 0 Å². The monoisotopic (exact) mass is 267 g/mol. The third kappa shape index (κ3) is 3.71. The summed E-state index contributed by atoms with van der Waals surface area (Å²) in [5, 5.41) is 3.43. The van der Waals surface area contributed by atoms with E-state index in [-0.39, 0.29) is 0 Å². The number of piperidine rings is 1. The zero-order valence-electron chi connectivity index (χ0n) is 12.6. The van der Waals surface area contributed by atoms with Crippen LogP contribution in [0.3, 0.4) is 0 Å². The summed E-state index contributed by atoms with van der Waals surface area (Å²) in [5.74, 6) is 0.731. The molecule has 1 heteroatoms. The van der Waals surface area contributed by atoms with Crippen LogP contribution in [-0.4, -0.2) is 13.1 Å². The Kier molecular flexibility index (Phi) is 5.82. The van der Waals surface area contributed by atoms with E-state index in [4.69, 9.17) is 0 Å². The predicted octanol–water partition coefficient (Wildman–Crippen LogP) is 4.85. The summed E-state index contributed by atoms with van der Waals surface area (Å²) in [6.07, 6.45) is 2.52. The van der Waals surface area contributed by atoms with Crippen LogP contribution in [0, 0.1) is 0 Å². The zero-order chi connectivity index (χ0) is 14.2. The molecular weight excluding hydrogens is 242 g/mol. The van der Waals surface area contributed by atoms with Crippen molar-refractivity contribution < 1.29 is 0 Å². The highest BCUT2D eigenvalue weighted by atomic mass is 14.9. The molecule has 1 aliphatic rings. The molecule has 20 heavy (non-hydrogen) atoms. The van der Waals surface area contributed by atoms with Gasteiger partial charge in [0.25, 0.3) is 0 Å². The Morgan fingerprint density at radius 2 is 1.45 bits per heavy atom. The van der Waals surface area contributed by atoms with Crippen molar-refractivity contribution in [1.82, 2.24) is 5.32 Å². The second-order valence-corrected chi connectivity index (χ2v) is 5.02. The molecule has 0 spiro atoms. The molecule has 3 rings (SSSR count). The van der Waals surface area contributed by atoms with Crippen LogP contribution >= 0.6 is 0 Å². The largest absolute Gasteiger partial charge is 0.317 e. The highest BCUT2D eigenvalue weighted by molar-refractivity contribution is 5.64. The van der Waals surface area contributed by atoms with Crippen LogP contribution in [0.1, 0.15) is 38.2 Å². The Labute approximate surface area is 123 Å². The molecule has 0 atom stereocenters. The van der Waals surface area contributed by atoms with Crippen molar-refractivity contribution in [1.29, 1.82) is 0 Å².